The number of nitrogens with one attached hydrogen (secondary N) is 1. The third kappa shape index (κ3) is 5.41. The molecule has 4 aromatic rings. The standard InChI is InChI=1S/C30H33FN6O4/c1-19(2)35(3)28(38)22-13-21(31)5-7-24(22)40-26-14-32-18-33-27(26)37-11-9-30(17-37)8-10-36(16-30)15-20-4-6-25-23(12-20)34-29(39)41-25/h4-7,12-14,18-19H,8-11,15-17H2,1-3H3,(H,34,39). The minimum absolute atomic E-state index is 0.0569. The summed E-state index contributed by atoms with van der Waals surface area (Å²) in [7, 11) is 1.68. The predicted molar refractivity (Wildman–Crippen MR) is 152 cm³/mol. The van der Waals surface area contributed by atoms with Crippen molar-refractivity contribution in [2.75, 3.05) is 38.1 Å². The second-order valence-electron chi connectivity index (χ2n) is 11.4. The number of benzene rings is 2. The van der Waals surface area contributed by atoms with E-state index in [1.807, 2.05) is 32.0 Å². The van der Waals surface area contributed by atoms with Crippen molar-refractivity contribution >= 4 is 22.8 Å². The quantitative estimate of drug-likeness (QED) is 0.354. The van der Waals surface area contributed by atoms with Crippen LogP contribution in [0.5, 0.6) is 11.5 Å². The monoisotopic (exact) mass is 560 g/mol. The van der Waals surface area contributed by atoms with Gasteiger partial charge in [0.2, 0.25) is 0 Å². The summed E-state index contributed by atoms with van der Waals surface area (Å²) in [5.74, 6) is 0.0719. The molecule has 0 aliphatic carbocycles. The number of aromatic amines is 1. The molecule has 1 atom stereocenters. The van der Waals surface area contributed by atoms with Crippen molar-refractivity contribution in [2.45, 2.75) is 39.3 Å². The molecule has 2 aliphatic rings. The highest BCUT2D eigenvalue weighted by atomic mass is 19.1. The van der Waals surface area contributed by atoms with Crippen molar-refractivity contribution in [2.24, 2.45) is 5.41 Å². The molecule has 214 valence electrons. The smallest absolute Gasteiger partial charge is 0.417 e. The topological polar surface area (TPSA) is 108 Å². The van der Waals surface area contributed by atoms with E-state index in [0.29, 0.717) is 22.7 Å². The number of likely N-dealkylation sites (tertiary alicyclic amines) is 1. The lowest BCUT2D eigenvalue weighted by atomic mass is 9.86. The zero-order valence-corrected chi connectivity index (χ0v) is 23.4. The molecule has 4 heterocycles. The molecule has 2 aromatic heterocycles. The molecule has 1 spiro atoms. The number of fused-ring (bicyclic) bond motifs is 1. The van der Waals surface area contributed by atoms with Crippen LogP contribution in [0.2, 0.25) is 0 Å². The van der Waals surface area contributed by atoms with Crippen LogP contribution in [-0.4, -0.2) is 69.9 Å². The van der Waals surface area contributed by atoms with Crippen molar-refractivity contribution in [1.82, 2.24) is 24.8 Å². The number of amides is 1. The Bertz CT molecular complexity index is 1650. The molecular formula is C30H33FN6O4. The lowest BCUT2D eigenvalue weighted by Crippen LogP contribution is -2.33. The first-order chi connectivity index (χ1) is 19.7. The number of oxazole rings is 1. The van der Waals surface area contributed by atoms with Gasteiger partial charge >= 0.3 is 5.76 Å². The van der Waals surface area contributed by atoms with E-state index in [1.165, 1.54) is 24.5 Å². The molecule has 1 unspecified atom stereocenters. The zero-order chi connectivity index (χ0) is 28.7. The molecule has 1 amide bonds. The number of aromatic nitrogens is 3. The van der Waals surface area contributed by atoms with Crippen LogP contribution in [0, 0.1) is 11.2 Å². The fourth-order valence-corrected chi connectivity index (χ4v) is 5.89. The van der Waals surface area contributed by atoms with E-state index in [9.17, 15) is 14.0 Å². The summed E-state index contributed by atoms with van der Waals surface area (Å²) >= 11 is 0. The predicted octanol–water partition coefficient (Wildman–Crippen LogP) is 4.43. The first-order valence-corrected chi connectivity index (χ1v) is 13.8. The van der Waals surface area contributed by atoms with Crippen molar-refractivity contribution in [3.63, 3.8) is 0 Å². The zero-order valence-electron chi connectivity index (χ0n) is 23.4. The van der Waals surface area contributed by atoms with Crippen molar-refractivity contribution < 1.29 is 18.3 Å². The molecule has 1 N–H and O–H groups in total. The van der Waals surface area contributed by atoms with Gasteiger partial charge < -0.3 is 19.0 Å². The number of H-pyrrole nitrogens is 1. The Morgan fingerprint density at radius 3 is 2.83 bits per heavy atom. The third-order valence-electron chi connectivity index (χ3n) is 8.29. The highest BCUT2D eigenvalue weighted by molar-refractivity contribution is 5.97. The largest absolute Gasteiger partial charge is 0.451 e. The van der Waals surface area contributed by atoms with Gasteiger partial charge in [-0.3, -0.25) is 14.7 Å². The number of hydrogen-bond donors (Lipinski definition) is 1. The van der Waals surface area contributed by atoms with Gasteiger partial charge in [-0.1, -0.05) is 6.07 Å². The minimum Gasteiger partial charge on any atom is -0.451 e. The molecule has 2 saturated heterocycles. The van der Waals surface area contributed by atoms with Gasteiger partial charge in [0.05, 0.1) is 17.3 Å². The van der Waals surface area contributed by atoms with Crippen molar-refractivity contribution in [1.29, 1.82) is 0 Å². The van der Waals surface area contributed by atoms with E-state index in [0.717, 1.165) is 51.1 Å². The molecule has 11 heteroatoms. The van der Waals surface area contributed by atoms with Crippen LogP contribution in [0.25, 0.3) is 11.1 Å². The average Bonchev–Trinajstić information content (AvgIpc) is 3.66. The highest BCUT2D eigenvalue weighted by Gasteiger charge is 2.44. The molecule has 0 radical (unpaired) electrons. The highest BCUT2D eigenvalue weighted by Crippen LogP contribution is 2.43. The Kier molecular flexibility index (Phi) is 6.98. The van der Waals surface area contributed by atoms with Crippen LogP contribution in [0.4, 0.5) is 10.2 Å². The number of halogens is 1. The number of rotatable bonds is 7. The van der Waals surface area contributed by atoms with Gasteiger partial charge in [-0.05, 0) is 69.1 Å². The van der Waals surface area contributed by atoms with Crippen molar-refractivity contribution in [3.05, 3.63) is 76.4 Å². The number of nitrogens with zero attached hydrogens (tertiary/aromatic N) is 5. The number of carbonyl (C=O) groups excluding carboxylic acids is 1. The van der Waals surface area contributed by atoms with Crippen LogP contribution in [0.15, 0.2) is 58.1 Å². The molecule has 0 saturated carbocycles. The Labute approximate surface area is 236 Å². The second kappa shape index (κ2) is 10.6. The summed E-state index contributed by atoms with van der Waals surface area (Å²) in [5.41, 5.74) is 2.67. The number of ether oxygens (including phenoxy) is 1. The number of anilines is 1. The summed E-state index contributed by atoms with van der Waals surface area (Å²) in [6.45, 7) is 8.14. The van der Waals surface area contributed by atoms with Gasteiger partial charge in [0, 0.05) is 44.7 Å². The van der Waals surface area contributed by atoms with E-state index >= 15 is 0 Å². The molecular weight excluding hydrogens is 527 g/mol. The maximum atomic E-state index is 14.2. The Morgan fingerprint density at radius 2 is 2.00 bits per heavy atom. The first-order valence-electron chi connectivity index (χ1n) is 13.8. The summed E-state index contributed by atoms with van der Waals surface area (Å²) < 4.78 is 25.5. The van der Waals surface area contributed by atoms with Gasteiger partial charge in [0.1, 0.15) is 17.9 Å². The van der Waals surface area contributed by atoms with Gasteiger partial charge in [0.25, 0.3) is 5.91 Å². The second-order valence-corrected chi connectivity index (χ2v) is 11.4. The summed E-state index contributed by atoms with van der Waals surface area (Å²) in [6, 6.07) is 9.73. The van der Waals surface area contributed by atoms with Crippen LogP contribution in [-0.2, 0) is 6.54 Å². The molecule has 2 aromatic carbocycles. The summed E-state index contributed by atoms with van der Waals surface area (Å²) in [4.78, 5) is 42.3. The van der Waals surface area contributed by atoms with E-state index in [4.69, 9.17) is 9.15 Å². The van der Waals surface area contributed by atoms with Crippen molar-refractivity contribution in [3.8, 4) is 11.5 Å². The van der Waals surface area contributed by atoms with E-state index in [-0.39, 0.29) is 28.7 Å². The summed E-state index contributed by atoms with van der Waals surface area (Å²) in [6.07, 6.45) is 5.16. The molecule has 2 aliphatic heterocycles. The lowest BCUT2D eigenvalue weighted by Gasteiger charge is -2.26. The number of carbonyl (C=O) groups is 1. The van der Waals surface area contributed by atoms with Crippen LogP contribution in [0.3, 0.4) is 0 Å². The maximum Gasteiger partial charge on any atom is 0.417 e. The van der Waals surface area contributed by atoms with E-state index in [1.54, 1.807) is 18.1 Å². The van der Waals surface area contributed by atoms with E-state index < -0.39 is 11.6 Å². The van der Waals surface area contributed by atoms with Crippen LogP contribution < -0.4 is 15.4 Å². The average molecular weight is 561 g/mol. The summed E-state index contributed by atoms with van der Waals surface area (Å²) in [5, 5.41) is 0. The normalized spacial score (nSPS) is 19.1. The third-order valence-corrected chi connectivity index (χ3v) is 8.29. The van der Waals surface area contributed by atoms with Gasteiger partial charge in [-0.15, -0.1) is 0 Å². The fourth-order valence-electron chi connectivity index (χ4n) is 5.89. The molecule has 0 bridgehead atoms. The minimum atomic E-state index is -0.507. The van der Waals surface area contributed by atoms with Gasteiger partial charge in [-0.2, -0.15) is 0 Å². The first kappa shape index (κ1) is 26.9. The molecule has 41 heavy (non-hydrogen) atoms. The maximum absolute atomic E-state index is 14.2. The fraction of sp³-hybridized carbons (Fsp3) is 0.400. The van der Waals surface area contributed by atoms with Crippen LogP contribution >= 0.6 is 0 Å². The SMILES string of the molecule is CC(C)N(C)C(=O)c1cc(F)ccc1Oc1cncnc1N1CCC2(CCN(Cc3ccc4oc(=O)[nH]c4c3)C2)C1. The molecule has 6 rings (SSSR count). The number of hydrogen-bond acceptors (Lipinski definition) is 8. The Balaban J connectivity index is 1.17. The molecule has 2 fully saturated rings. The van der Waals surface area contributed by atoms with Gasteiger partial charge in [0.15, 0.2) is 17.2 Å². The Hall–Kier alpha value is -4.25. The lowest BCUT2D eigenvalue weighted by molar-refractivity contribution is 0.0751. The van der Waals surface area contributed by atoms with Gasteiger partial charge in [-0.25, -0.2) is 19.2 Å². The van der Waals surface area contributed by atoms with Crippen LogP contribution in [0.1, 0.15) is 42.6 Å². The van der Waals surface area contributed by atoms with E-state index in [2.05, 4.69) is 24.8 Å². The Morgan fingerprint density at radius 1 is 1.17 bits per heavy atom. The molecule has 10 nitrogen and oxygen atoms in total.